The summed E-state index contributed by atoms with van der Waals surface area (Å²) < 4.78 is 0. The van der Waals surface area contributed by atoms with Gasteiger partial charge >= 0.3 is 0 Å². The van der Waals surface area contributed by atoms with Gasteiger partial charge in [0.25, 0.3) is 0 Å². The summed E-state index contributed by atoms with van der Waals surface area (Å²) in [5.74, 6) is 0. The van der Waals surface area contributed by atoms with Crippen molar-refractivity contribution in [3.05, 3.63) is 29.0 Å². The Hall–Kier alpha value is -0.600. The minimum atomic E-state index is 0.333. The highest BCUT2D eigenvalue weighted by Crippen LogP contribution is 2.30. The lowest BCUT2D eigenvalue weighted by Crippen LogP contribution is -2.24. The predicted octanol–water partition coefficient (Wildman–Crippen LogP) is 4.60. The molecule has 2 nitrogen and oxygen atoms in total. The zero-order chi connectivity index (χ0) is 13.6. The minimum Gasteiger partial charge on any atom is -0.310 e. The Labute approximate surface area is 116 Å². The molecule has 0 saturated heterocycles. The molecule has 102 valence electrons. The van der Waals surface area contributed by atoms with Gasteiger partial charge in [-0.3, -0.25) is 4.98 Å². The molecule has 18 heavy (non-hydrogen) atoms. The third kappa shape index (κ3) is 5.36. The van der Waals surface area contributed by atoms with Crippen molar-refractivity contribution in [2.24, 2.45) is 5.41 Å². The molecule has 3 heteroatoms. The van der Waals surface area contributed by atoms with Gasteiger partial charge in [0.2, 0.25) is 0 Å². The molecular formula is C15H25ClN2. The minimum absolute atomic E-state index is 0.333. The van der Waals surface area contributed by atoms with E-state index in [4.69, 9.17) is 11.6 Å². The first-order chi connectivity index (χ1) is 8.44. The molecule has 0 fully saturated rings. The van der Waals surface area contributed by atoms with E-state index in [9.17, 15) is 0 Å². The first-order valence-corrected chi connectivity index (χ1v) is 7.14. The van der Waals surface area contributed by atoms with Crippen LogP contribution in [-0.2, 0) is 0 Å². The zero-order valence-corrected chi connectivity index (χ0v) is 12.7. The monoisotopic (exact) mass is 268 g/mol. The quantitative estimate of drug-likeness (QED) is 0.815. The third-order valence-corrected chi connectivity index (χ3v) is 3.32. The number of aromatic nitrogens is 1. The van der Waals surface area contributed by atoms with Crippen LogP contribution in [-0.4, -0.2) is 11.5 Å². The zero-order valence-electron chi connectivity index (χ0n) is 12.0. The Morgan fingerprint density at radius 2 is 2.11 bits per heavy atom. The van der Waals surface area contributed by atoms with Crippen molar-refractivity contribution in [3.8, 4) is 0 Å². The normalized spacial score (nSPS) is 13.6. The van der Waals surface area contributed by atoms with Crippen molar-refractivity contribution >= 4 is 11.6 Å². The van der Waals surface area contributed by atoms with Crippen LogP contribution in [0.4, 0.5) is 0 Å². The van der Waals surface area contributed by atoms with E-state index in [0.717, 1.165) is 24.4 Å². The summed E-state index contributed by atoms with van der Waals surface area (Å²) in [6, 6.07) is 2.36. The molecule has 0 spiro atoms. The standard InChI is InChI=1S/C15H25ClN2/c1-5-9-18-14(6-8-15(2,3)4)12-7-10-17-11-13(12)16/h7,10-11,14,18H,5-6,8-9H2,1-4H3. The maximum Gasteiger partial charge on any atom is 0.0637 e. The molecule has 1 unspecified atom stereocenters. The van der Waals surface area contributed by atoms with E-state index in [1.165, 1.54) is 12.0 Å². The van der Waals surface area contributed by atoms with E-state index in [-0.39, 0.29) is 0 Å². The molecule has 0 aliphatic heterocycles. The first kappa shape index (κ1) is 15.5. The van der Waals surface area contributed by atoms with Gasteiger partial charge in [-0.2, -0.15) is 0 Å². The number of nitrogens with one attached hydrogen (secondary N) is 1. The third-order valence-electron chi connectivity index (χ3n) is 3.00. The van der Waals surface area contributed by atoms with Crippen molar-refractivity contribution in [3.63, 3.8) is 0 Å². The molecule has 0 aliphatic rings. The largest absolute Gasteiger partial charge is 0.310 e. The average Bonchev–Trinajstić information content (AvgIpc) is 2.29. The molecule has 1 aromatic heterocycles. The molecule has 1 aromatic rings. The Kier molecular flexibility index (Phi) is 6.10. The highest BCUT2D eigenvalue weighted by atomic mass is 35.5. The smallest absolute Gasteiger partial charge is 0.0637 e. The van der Waals surface area contributed by atoms with Gasteiger partial charge in [0.1, 0.15) is 0 Å². The highest BCUT2D eigenvalue weighted by Gasteiger charge is 2.18. The van der Waals surface area contributed by atoms with Gasteiger partial charge < -0.3 is 5.32 Å². The van der Waals surface area contributed by atoms with Gasteiger partial charge in [-0.05, 0) is 42.9 Å². The van der Waals surface area contributed by atoms with Crippen LogP contribution < -0.4 is 5.32 Å². The van der Waals surface area contributed by atoms with Crippen LogP contribution >= 0.6 is 11.6 Å². The van der Waals surface area contributed by atoms with Gasteiger partial charge in [-0.25, -0.2) is 0 Å². The fourth-order valence-corrected chi connectivity index (χ4v) is 2.18. The number of halogens is 1. The Bertz CT molecular complexity index is 358. The molecule has 1 atom stereocenters. The van der Waals surface area contributed by atoms with E-state index in [1.807, 2.05) is 12.3 Å². The second-order valence-corrected chi connectivity index (χ2v) is 6.41. The van der Waals surface area contributed by atoms with Crippen LogP contribution in [0.5, 0.6) is 0 Å². The molecule has 1 heterocycles. The fraction of sp³-hybridized carbons (Fsp3) is 0.667. The van der Waals surface area contributed by atoms with Crippen LogP contribution in [0.1, 0.15) is 58.6 Å². The Balaban J connectivity index is 2.75. The summed E-state index contributed by atoms with van der Waals surface area (Å²) in [4.78, 5) is 4.06. The number of hydrogen-bond acceptors (Lipinski definition) is 2. The summed E-state index contributed by atoms with van der Waals surface area (Å²) in [6.07, 6.45) is 6.96. The fourth-order valence-electron chi connectivity index (χ4n) is 1.93. The molecule has 0 aromatic carbocycles. The average molecular weight is 269 g/mol. The lowest BCUT2D eigenvalue weighted by atomic mass is 9.87. The summed E-state index contributed by atoms with van der Waals surface area (Å²) in [5, 5.41) is 4.35. The lowest BCUT2D eigenvalue weighted by Gasteiger charge is -2.25. The molecule has 0 amide bonds. The van der Waals surface area contributed by atoms with Gasteiger partial charge in [0, 0.05) is 18.4 Å². The van der Waals surface area contributed by atoms with Gasteiger partial charge in [0.05, 0.1) is 5.02 Å². The lowest BCUT2D eigenvalue weighted by molar-refractivity contribution is 0.332. The molecule has 1 rings (SSSR count). The van der Waals surface area contributed by atoms with Crippen LogP contribution in [0, 0.1) is 5.41 Å². The van der Waals surface area contributed by atoms with Crippen LogP contribution in [0.25, 0.3) is 0 Å². The molecule has 0 radical (unpaired) electrons. The number of rotatable bonds is 6. The van der Waals surface area contributed by atoms with Crippen molar-refractivity contribution in [1.29, 1.82) is 0 Å². The second-order valence-electron chi connectivity index (χ2n) is 6.00. The van der Waals surface area contributed by atoms with Crippen molar-refractivity contribution in [2.45, 2.75) is 53.0 Å². The number of hydrogen-bond donors (Lipinski definition) is 1. The van der Waals surface area contributed by atoms with E-state index in [0.29, 0.717) is 11.5 Å². The maximum atomic E-state index is 6.25. The van der Waals surface area contributed by atoms with E-state index >= 15 is 0 Å². The van der Waals surface area contributed by atoms with Crippen LogP contribution in [0.2, 0.25) is 5.02 Å². The molecule has 0 aliphatic carbocycles. The molecule has 0 saturated carbocycles. The Morgan fingerprint density at radius 3 is 2.67 bits per heavy atom. The SMILES string of the molecule is CCCNC(CCC(C)(C)C)c1ccncc1Cl. The first-order valence-electron chi connectivity index (χ1n) is 6.77. The summed E-state index contributed by atoms with van der Waals surface area (Å²) in [6.45, 7) is 10.0. The second kappa shape index (κ2) is 7.10. The molecule has 1 N–H and O–H groups in total. The van der Waals surface area contributed by atoms with E-state index in [1.54, 1.807) is 6.20 Å². The van der Waals surface area contributed by atoms with Gasteiger partial charge in [-0.1, -0.05) is 39.3 Å². The maximum absolute atomic E-state index is 6.25. The summed E-state index contributed by atoms with van der Waals surface area (Å²) in [7, 11) is 0. The van der Waals surface area contributed by atoms with E-state index < -0.39 is 0 Å². The van der Waals surface area contributed by atoms with Crippen molar-refractivity contribution in [1.82, 2.24) is 10.3 Å². The Morgan fingerprint density at radius 1 is 1.39 bits per heavy atom. The summed E-state index contributed by atoms with van der Waals surface area (Å²) >= 11 is 6.25. The molecular weight excluding hydrogens is 244 g/mol. The van der Waals surface area contributed by atoms with Gasteiger partial charge in [0.15, 0.2) is 0 Å². The highest BCUT2D eigenvalue weighted by molar-refractivity contribution is 6.31. The molecule has 0 bridgehead atoms. The van der Waals surface area contributed by atoms with Gasteiger partial charge in [-0.15, -0.1) is 0 Å². The van der Waals surface area contributed by atoms with Crippen molar-refractivity contribution in [2.75, 3.05) is 6.54 Å². The number of pyridine rings is 1. The van der Waals surface area contributed by atoms with Crippen LogP contribution in [0.3, 0.4) is 0 Å². The van der Waals surface area contributed by atoms with Crippen LogP contribution in [0.15, 0.2) is 18.5 Å². The summed E-state index contributed by atoms with van der Waals surface area (Å²) in [5.41, 5.74) is 1.52. The topological polar surface area (TPSA) is 24.9 Å². The number of nitrogens with zero attached hydrogens (tertiary/aromatic N) is 1. The predicted molar refractivity (Wildman–Crippen MR) is 79.0 cm³/mol. The van der Waals surface area contributed by atoms with Crippen molar-refractivity contribution < 1.29 is 0 Å². The van der Waals surface area contributed by atoms with E-state index in [2.05, 4.69) is 38.0 Å².